The molecule has 3 heterocycles. The lowest BCUT2D eigenvalue weighted by molar-refractivity contribution is 0.00154. The number of ether oxygens (including phenoxy) is 1. The van der Waals surface area contributed by atoms with Crippen LogP contribution in [0.2, 0.25) is 0 Å². The Bertz CT molecular complexity index is 1170. The van der Waals surface area contributed by atoms with E-state index in [4.69, 9.17) is 4.74 Å². The van der Waals surface area contributed by atoms with Crippen LogP contribution >= 0.6 is 33.9 Å². The number of hydrogen-bond acceptors (Lipinski definition) is 6. The zero-order valence-corrected chi connectivity index (χ0v) is 20.2. The van der Waals surface area contributed by atoms with Crippen molar-refractivity contribution in [2.75, 3.05) is 18.4 Å². The third kappa shape index (κ3) is 4.67. The summed E-state index contributed by atoms with van der Waals surface area (Å²) in [6, 6.07) is 8.49. The first-order valence-corrected chi connectivity index (χ1v) is 11.6. The summed E-state index contributed by atoms with van der Waals surface area (Å²) < 4.78 is 20.6. The van der Waals surface area contributed by atoms with Gasteiger partial charge in [0.25, 0.3) is 0 Å². The van der Waals surface area contributed by atoms with E-state index in [9.17, 15) is 14.0 Å². The third-order valence-electron chi connectivity index (χ3n) is 4.80. The molecule has 6 nitrogen and oxygen atoms in total. The van der Waals surface area contributed by atoms with Crippen LogP contribution < -0.4 is 5.32 Å². The molecule has 0 bridgehead atoms. The van der Waals surface area contributed by atoms with Gasteiger partial charge in [-0.1, -0.05) is 11.3 Å². The lowest BCUT2D eigenvalue weighted by Crippen LogP contribution is -2.54. The summed E-state index contributed by atoms with van der Waals surface area (Å²) in [4.78, 5) is 32.2. The van der Waals surface area contributed by atoms with Gasteiger partial charge in [0, 0.05) is 28.2 Å². The van der Waals surface area contributed by atoms with Crippen molar-refractivity contribution in [2.45, 2.75) is 26.4 Å². The van der Waals surface area contributed by atoms with E-state index in [1.165, 1.54) is 22.3 Å². The number of carbonyl (C=O) groups excluding carboxylic acids is 2. The van der Waals surface area contributed by atoms with Gasteiger partial charge in [-0.2, -0.15) is 0 Å². The topological polar surface area (TPSA) is 71.5 Å². The maximum absolute atomic E-state index is 14.4. The molecule has 3 aromatic rings. The molecule has 0 aliphatic carbocycles. The molecule has 1 amide bonds. The summed E-state index contributed by atoms with van der Waals surface area (Å²) in [7, 11) is 0. The van der Waals surface area contributed by atoms with Crippen LogP contribution in [-0.4, -0.2) is 40.5 Å². The van der Waals surface area contributed by atoms with E-state index in [0.717, 1.165) is 8.96 Å². The number of rotatable bonds is 4. The van der Waals surface area contributed by atoms with Crippen LogP contribution in [0.25, 0.3) is 10.2 Å². The number of amides is 1. The SMILES string of the molecule is CC(C)(C)OC(=O)N1CC(C(=O)c2c(Nc3ccc(I)cc3F)sc3ncccc23)C1. The Morgan fingerprint density at radius 3 is 2.71 bits per heavy atom. The minimum atomic E-state index is -0.587. The van der Waals surface area contributed by atoms with E-state index < -0.39 is 17.5 Å². The molecular formula is C22H21FIN3O3S. The number of Topliss-reactive ketones (excluding diaryl/α,β-unsaturated/α-hetero) is 1. The number of nitrogens with zero attached hydrogens (tertiary/aromatic N) is 2. The molecule has 31 heavy (non-hydrogen) atoms. The number of carbonyl (C=O) groups is 2. The number of pyridine rings is 1. The quantitative estimate of drug-likeness (QED) is 0.325. The van der Waals surface area contributed by atoms with Crippen molar-refractivity contribution in [1.29, 1.82) is 0 Å². The number of likely N-dealkylation sites (tertiary alicyclic amines) is 1. The minimum Gasteiger partial charge on any atom is -0.444 e. The molecule has 0 radical (unpaired) electrons. The van der Waals surface area contributed by atoms with Crippen molar-refractivity contribution in [2.24, 2.45) is 5.92 Å². The molecule has 1 saturated heterocycles. The third-order valence-corrected chi connectivity index (χ3v) is 6.50. The van der Waals surface area contributed by atoms with Crippen LogP contribution in [0.1, 0.15) is 31.1 Å². The van der Waals surface area contributed by atoms with Gasteiger partial charge in [0.05, 0.1) is 17.2 Å². The lowest BCUT2D eigenvalue weighted by atomic mass is 9.90. The molecule has 0 unspecified atom stereocenters. The molecule has 9 heteroatoms. The van der Waals surface area contributed by atoms with Crippen LogP contribution in [0.5, 0.6) is 0 Å². The molecule has 1 aliphatic rings. The molecule has 2 aromatic heterocycles. The number of thiophene rings is 1. The number of nitrogens with one attached hydrogen (secondary N) is 1. The number of anilines is 2. The fourth-order valence-corrected chi connectivity index (χ4v) is 4.82. The van der Waals surface area contributed by atoms with Crippen molar-refractivity contribution in [3.05, 3.63) is 51.5 Å². The van der Waals surface area contributed by atoms with Crippen molar-refractivity contribution < 1.29 is 18.7 Å². The minimum absolute atomic E-state index is 0.0903. The number of hydrogen-bond donors (Lipinski definition) is 1. The summed E-state index contributed by atoms with van der Waals surface area (Å²) in [6.07, 6.45) is 1.24. The summed E-state index contributed by atoms with van der Waals surface area (Å²) in [6.45, 7) is 6.00. The van der Waals surface area contributed by atoms with Crippen molar-refractivity contribution in [3.63, 3.8) is 0 Å². The highest BCUT2D eigenvalue weighted by Crippen LogP contribution is 2.39. The van der Waals surface area contributed by atoms with Gasteiger partial charge in [0.1, 0.15) is 21.2 Å². The van der Waals surface area contributed by atoms with Crippen molar-refractivity contribution in [3.8, 4) is 0 Å². The predicted molar refractivity (Wildman–Crippen MR) is 128 cm³/mol. The predicted octanol–water partition coefficient (Wildman–Crippen LogP) is 5.83. The van der Waals surface area contributed by atoms with Crippen LogP contribution in [0, 0.1) is 15.3 Å². The van der Waals surface area contributed by atoms with Crippen LogP contribution in [0.4, 0.5) is 19.9 Å². The Balaban J connectivity index is 1.59. The molecule has 0 atom stereocenters. The van der Waals surface area contributed by atoms with Crippen LogP contribution in [0.15, 0.2) is 36.5 Å². The number of halogens is 2. The normalized spacial score (nSPS) is 14.4. The number of ketones is 1. The summed E-state index contributed by atoms with van der Waals surface area (Å²) in [5.74, 6) is -0.824. The second-order valence-electron chi connectivity index (χ2n) is 8.36. The lowest BCUT2D eigenvalue weighted by Gasteiger charge is -2.38. The molecule has 1 N–H and O–H groups in total. The largest absolute Gasteiger partial charge is 0.444 e. The van der Waals surface area contributed by atoms with E-state index in [-0.39, 0.29) is 11.7 Å². The average Bonchev–Trinajstić information content (AvgIpc) is 2.99. The Morgan fingerprint density at radius 2 is 2.03 bits per heavy atom. The van der Waals surface area contributed by atoms with E-state index in [1.807, 2.05) is 28.7 Å². The van der Waals surface area contributed by atoms with E-state index in [1.54, 1.807) is 45.2 Å². The summed E-state index contributed by atoms with van der Waals surface area (Å²) in [5.41, 5.74) is 0.195. The van der Waals surface area contributed by atoms with Gasteiger partial charge in [0.15, 0.2) is 5.78 Å². The molecule has 0 saturated carbocycles. The molecule has 1 fully saturated rings. The van der Waals surface area contributed by atoms with E-state index in [2.05, 4.69) is 10.3 Å². The second kappa shape index (κ2) is 8.34. The molecular weight excluding hydrogens is 532 g/mol. The van der Waals surface area contributed by atoms with Gasteiger partial charge in [-0.05, 0) is 73.7 Å². The van der Waals surface area contributed by atoms with Crippen LogP contribution in [-0.2, 0) is 4.74 Å². The highest BCUT2D eigenvalue weighted by molar-refractivity contribution is 14.1. The zero-order chi connectivity index (χ0) is 22.3. The van der Waals surface area contributed by atoms with E-state index in [0.29, 0.717) is 34.2 Å². The smallest absolute Gasteiger partial charge is 0.410 e. The maximum Gasteiger partial charge on any atom is 0.410 e. The molecule has 1 aromatic carbocycles. The number of fused-ring (bicyclic) bond motifs is 1. The summed E-state index contributed by atoms with van der Waals surface area (Å²) in [5, 5.41) is 4.35. The highest BCUT2D eigenvalue weighted by Gasteiger charge is 2.39. The zero-order valence-electron chi connectivity index (χ0n) is 17.2. The van der Waals surface area contributed by atoms with Crippen molar-refractivity contribution >= 4 is 66.7 Å². The first-order chi connectivity index (χ1) is 14.6. The van der Waals surface area contributed by atoms with E-state index >= 15 is 0 Å². The van der Waals surface area contributed by atoms with Gasteiger partial charge < -0.3 is 15.0 Å². The summed E-state index contributed by atoms with van der Waals surface area (Å²) >= 11 is 3.36. The number of benzene rings is 1. The fourth-order valence-electron chi connectivity index (χ4n) is 3.30. The van der Waals surface area contributed by atoms with Gasteiger partial charge >= 0.3 is 6.09 Å². The van der Waals surface area contributed by atoms with Crippen LogP contribution in [0.3, 0.4) is 0 Å². The Labute approximate surface area is 196 Å². The number of aromatic nitrogens is 1. The molecule has 1 aliphatic heterocycles. The monoisotopic (exact) mass is 553 g/mol. The van der Waals surface area contributed by atoms with Gasteiger partial charge in [-0.25, -0.2) is 14.2 Å². The van der Waals surface area contributed by atoms with Gasteiger partial charge in [0.2, 0.25) is 0 Å². The average molecular weight is 553 g/mol. The Morgan fingerprint density at radius 1 is 1.29 bits per heavy atom. The first-order valence-electron chi connectivity index (χ1n) is 9.74. The highest BCUT2D eigenvalue weighted by atomic mass is 127. The van der Waals surface area contributed by atoms with Gasteiger partial charge in [-0.15, -0.1) is 0 Å². The first kappa shape index (κ1) is 21.9. The molecule has 0 spiro atoms. The standard InChI is InChI=1S/C22H21FIN3O3S/c1-22(2,3)30-21(29)27-10-12(11-27)18(28)17-14-5-4-8-25-19(14)31-20(17)26-16-7-6-13(24)9-15(16)23/h4-9,12,26H,10-11H2,1-3H3. The fraction of sp³-hybridized carbons (Fsp3) is 0.318. The Kier molecular flexibility index (Phi) is 5.91. The van der Waals surface area contributed by atoms with Gasteiger partial charge in [-0.3, -0.25) is 4.79 Å². The Hall–Kier alpha value is -2.27. The second-order valence-corrected chi connectivity index (χ2v) is 10.6. The van der Waals surface area contributed by atoms with Crippen molar-refractivity contribution in [1.82, 2.24) is 9.88 Å². The maximum atomic E-state index is 14.4. The molecule has 162 valence electrons. The molecule has 4 rings (SSSR count).